The van der Waals surface area contributed by atoms with Crippen molar-refractivity contribution in [3.63, 3.8) is 0 Å². The summed E-state index contributed by atoms with van der Waals surface area (Å²) in [6.45, 7) is 3.84. The van der Waals surface area contributed by atoms with Crippen LogP contribution in [0.4, 0.5) is 0 Å². The zero-order valence-electron chi connectivity index (χ0n) is 14.7. The average Bonchev–Trinajstić information content (AvgIpc) is 2.54. The van der Waals surface area contributed by atoms with Gasteiger partial charge in [0, 0.05) is 6.42 Å². The van der Waals surface area contributed by atoms with Gasteiger partial charge in [-0.1, -0.05) is 38.0 Å². The van der Waals surface area contributed by atoms with Crippen LogP contribution >= 0.6 is 0 Å². The maximum Gasteiger partial charge on any atom is 0.308 e. The number of ether oxygens (including phenoxy) is 1. The van der Waals surface area contributed by atoms with Gasteiger partial charge in [0.2, 0.25) is 5.91 Å². The van der Waals surface area contributed by atoms with Crippen LogP contribution in [0.3, 0.4) is 0 Å². The maximum atomic E-state index is 12.5. The summed E-state index contributed by atoms with van der Waals surface area (Å²) in [6, 6.07) is 7.66. The molecule has 5 nitrogen and oxygen atoms in total. The van der Waals surface area contributed by atoms with Crippen LogP contribution in [-0.2, 0) is 9.59 Å². The Balaban J connectivity index is 2.05. The van der Waals surface area contributed by atoms with Gasteiger partial charge in [0.25, 0.3) is 0 Å². The van der Waals surface area contributed by atoms with Crippen molar-refractivity contribution in [3.8, 4) is 5.75 Å². The van der Waals surface area contributed by atoms with Gasteiger partial charge in [0.05, 0.1) is 18.6 Å². The second kappa shape index (κ2) is 7.69. The molecule has 1 saturated carbocycles. The Morgan fingerprint density at radius 3 is 2.75 bits per heavy atom. The number of carbonyl (C=O) groups is 2. The van der Waals surface area contributed by atoms with Crippen LogP contribution in [0.5, 0.6) is 5.75 Å². The monoisotopic (exact) mass is 333 g/mol. The first-order chi connectivity index (χ1) is 11.4. The lowest BCUT2D eigenvalue weighted by Crippen LogP contribution is -2.55. The summed E-state index contributed by atoms with van der Waals surface area (Å²) in [5, 5.41) is 12.5. The van der Waals surface area contributed by atoms with Gasteiger partial charge < -0.3 is 15.2 Å². The zero-order valence-corrected chi connectivity index (χ0v) is 14.7. The molecule has 1 aromatic rings. The number of rotatable bonds is 6. The lowest BCUT2D eigenvalue weighted by molar-refractivity contribution is -0.146. The molecule has 132 valence electrons. The molecule has 1 aromatic carbocycles. The molecule has 3 atom stereocenters. The summed E-state index contributed by atoms with van der Waals surface area (Å²) in [5.74, 6) is -0.683. The molecule has 1 fully saturated rings. The number of para-hydroxylation sites is 1. The second-order valence-electron chi connectivity index (χ2n) is 6.95. The van der Waals surface area contributed by atoms with Crippen LogP contribution in [-0.4, -0.2) is 29.6 Å². The number of hydrogen-bond donors (Lipinski definition) is 2. The van der Waals surface area contributed by atoms with Gasteiger partial charge in [0.15, 0.2) is 0 Å². The number of amides is 1. The predicted molar refractivity (Wildman–Crippen MR) is 92.2 cm³/mol. The molecule has 5 heteroatoms. The van der Waals surface area contributed by atoms with E-state index in [1.165, 1.54) is 0 Å². The van der Waals surface area contributed by atoms with E-state index < -0.39 is 17.4 Å². The summed E-state index contributed by atoms with van der Waals surface area (Å²) in [7, 11) is 1.62. The first kappa shape index (κ1) is 18.3. The fraction of sp³-hybridized carbons (Fsp3) is 0.579. The Hall–Kier alpha value is -2.04. The second-order valence-corrected chi connectivity index (χ2v) is 6.95. The van der Waals surface area contributed by atoms with Gasteiger partial charge in [-0.2, -0.15) is 0 Å². The SMILES string of the molecule is COc1ccccc1C(C)CC(=O)NC1(C)CCCCC1C(=O)O. The van der Waals surface area contributed by atoms with Crippen LogP contribution in [0.2, 0.25) is 0 Å². The molecule has 3 unspecified atom stereocenters. The number of methoxy groups -OCH3 is 1. The lowest BCUT2D eigenvalue weighted by Gasteiger charge is -2.40. The van der Waals surface area contributed by atoms with E-state index in [9.17, 15) is 14.7 Å². The van der Waals surface area contributed by atoms with Crippen molar-refractivity contribution < 1.29 is 19.4 Å². The van der Waals surface area contributed by atoms with E-state index >= 15 is 0 Å². The van der Waals surface area contributed by atoms with Crippen LogP contribution in [0.15, 0.2) is 24.3 Å². The summed E-state index contributed by atoms with van der Waals surface area (Å²) < 4.78 is 5.36. The molecule has 0 spiro atoms. The van der Waals surface area contributed by atoms with Crippen molar-refractivity contribution in [1.82, 2.24) is 5.32 Å². The van der Waals surface area contributed by atoms with Crippen molar-refractivity contribution in [1.29, 1.82) is 0 Å². The molecule has 1 amide bonds. The minimum atomic E-state index is -0.824. The number of hydrogen-bond acceptors (Lipinski definition) is 3. The highest BCUT2D eigenvalue weighted by Gasteiger charge is 2.42. The third-order valence-electron chi connectivity index (χ3n) is 5.09. The quantitative estimate of drug-likeness (QED) is 0.837. The van der Waals surface area contributed by atoms with E-state index in [1.807, 2.05) is 38.1 Å². The van der Waals surface area contributed by atoms with E-state index in [0.29, 0.717) is 19.3 Å². The van der Waals surface area contributed by atoms with E-state index in [4.69, 9.17) is 4.74 Å². The fourth-order valence-electron chi connectivity index (χ4n) is 3.71. The Kier molecular flexibility index (Phi) is 5.86. The van der Waals surface area contributed by atoms with Gasteiger partial charge in [0.1, 0.15) is 5.75 Å². The molecule has 0 radical (unpaired) electrons. The summed E-state index contributed by atoms with van der Waals surface area (Å²) in [6.07, 6.45) is 3.48. The highest BCUT2D eigenvalue weighted by atomic mass is 16.5. The summed E-state index contributed by atoms with van der Waals surface area (Å²) >= 11 is 0. The van der Waals surface area contributed by atoms with Gasteiger partial charge in [-0.25, -0.2) is 0 Å². The average molecular weight is 333 g/mol. The molecular weight excluding hydrogens is 306 g/mol. The van der Waals surface area contributed by atoms with Gasteiger partial charge in [-0.05, 0) is 37.3 Å². The zero-order chi connectivity index (χ0) is 17.7. The molecule has 2 N–H and O–H groups in total. The Bertz CT molecular complexity index is 601. The number of carbonyl (C=O) groups excluding carboxylic acids is 1. The molecule has 0 heterocycles. The predicted octanol–water partition coefficient (Wildman–Crippen LogP) is 3.34. The molecule has 0 aromatic heterocycles. The normalized spacial score (nSPS) is 24.9. The highest BCUT2D eigenvalue weighted by Crippen LogP contribution is 2.34. The minimum absolute atomic E-state index is 0.00313. The Morgan fingerprint density at radius 1 is 1.38 bits per heavy atom. The smallest absolute Gasteiger partial charge is 0.308 e. The van der Waals surface area contributed by atoms with Gasteiger partial charge in [-0.15, -0.1) is 0 Å². The number of aliphatic carboxylic acids is 1. The van der Waals surface area contributed by atoms with Crippen LogP contribution in [0.1, 0.15) is 57.4 Å². The third kappa shape index (κ3) is 4.08. The third-order valence-corrected chi connectivity index (χ3v) is 5.09. The number of carboxylic acid groups (broad SMARTS) is 1. The Morgan fingerprint density at radius 2 is 2.08 bits per heavy atom. The fourth-order valence-corrected chi connectivity index (χ4v) is 3.71. The molecule has 2 rings (SSSR count). The molecule has 1 aliphatic rings. The lowest BCUT2D eigenvalue weighted by atomic mass is 9.73. The maximum absolute atomic E-state index is 12.5. The van der Waals surface area contributed by atoms with E-state index in [1.54, 1.807) is 7.11 Å². The topological polar surface area (TPSA) is 75.6 Å². The number of carboxylic acids is 1. The molecule has 0 bridgehead atoms. The van der Waals surface area contributed by atoms with Crippen molar-refractivity contribution >= 4 is 11.9 Å². The van der Waals surface area contributed by atoms with Crippen LogP contribution in [0, 0.1) is 5.92 Å². The molecule has 0 saturated heterocycles. The van der Waals surface area contributed by atoms with Crippen molar-refractivity contribution in [2.24, 2.45) is 5.92 Å². The van der Waals surface area contributed by atoms with E-state index in [0.717, 1.165) is 24.2 Å². The minimum Gasteiger partial charge on any atom is -0.496 e. The first-order valence-corrected chi connectivity index (χ1v) is 8.54. The van der Waals surface area contributed by atoms with E-state index in [2.05, 4.69) is 5.32 Å². The van der Waals surface area contributed by atoms with Crippen LogP contribution in [0.25, 0.3) is 0 Å². The summed E-state index contributed by atoms with van der Waals surface area (Å²) in [4.78, 5) is 24.0. The van der Waals surface area contributed by atoms with Gasteiger partial charge >= 0.3 is 5.97 Å². The first-order valence-electron chi connectivity index (χ1n) is 8.54. The largest absolute Gasteiger partial charge is 0.496 e. The molecule has 24 heavy (non-hydrogen) atoms. The number of benzene rings is 1. The van der Waals surface area contributed by atoms with Gasteiger partial charge in [-0.3, -0.25) is 9.59 Å². The molecule has 1 aliphatic carbocycles. The van der Waals surface area contributed by atoms with Crippen molar-refractivity contribution in [2.45, 2.75) is 57.4 Å². The summed E-state index contributed by atoms with van der Waals surface area (Å²) in [5.41, 5.74) is 0.320. The highest BCUT2D eigenvalue weighted by molar-refractivity contribution is 5.80. The van der Waals surface area contributed by atoms with Crippen molar-refractivity contribution in [2.75, 3.05) is 7.11 Å². The van der Waals surface area contributed by atoms with Crippen LogP contribution < -0.4 is 10.1 Å². The molecule has 0 aliphatic heterocycles. The van der Waals surface area contributed by atoms with Crippen molar-refractivity contribution in [3.05, 3.63) is 29.8 Å². The Labute approximate surface area is 143 Å². The van der Waals surface area contributed by atoms with E-state index in [-0.39, 0.29) is 11.8 Å². The molecular formula is C19H27NO4. The standard InChI is InChI=1S/C19H27NO4/c1-13(14-8-4-5-10-16(14)24-3)12-17(21)20-19(2)11-7-6-9-15(19)18(22)23/h4-5,8,10,13,15H,6-7,9,11-12H2,1-3H3,(H,20,21)(H,22,23). The number of nitrogens with one attached hydrogen (secondary N) is 1.